The van der Waals surface area contributed by atoms with Crippen molar-refractivity contribution in [2.45, 2.75) is 26.4 Å². The molecule has 0 aliphatic heterocycles. The SMILES string of the molecule is Cc1ccc(CN=C(N)NC(C)c2ccc(Cl)cc2Cl)c(=O)n1C.I. The first kappa shape index (κ1) is 21.8. The molecule has 0 radical (unpaired) electrons. The maximum atomic E-state index is 12.1. The van der Waals surface area contributed by atoms with Crippen LogP contribution < -0.4 is 16.6 Å². The van der Waals surface area contributed by atoms with E-state index in [9.17, 15) is 4.79 Å². The number of aromatic nitrogens is 1. The van der Waals surface area contributed by atoms with Gasteiger partial charge in [-0.25, -0.2) is 4.99 Å². The van der Waals surface area contributed by atoms with Crippen LogP contribution in [0.4, 0.5) is 0 Å². The summed E-state index contributed by atoms with van der Waals surface area (Å²) in [6.45, 7) is 4.01. The van der Waals surface area contributed by atoms with Crippen LogP contribution in [0.5, 0.6) is 0 Å². The number of pyridine rings is 1. The fourth-order valence-corrected chi connectivity index (χ4v) is 2.84. The Kier molecular flexibility index (Phi) is 8.24. The van der Waals surface area contributed by atoms with Gasteiger partial charge in [-0.2, -0.15) is 0 Å². The highest BCUT2D eigenvalue weighted by Gasteiger charge is 2.11. The number of aliphatic imine (C=N–C) groups is 1. The summed E-state index contributed by atoms with van der Waals surface area (Å²) >= 11 is 12.1. The molecule has 136 valence electrons. The average molecular weight is 495 g/mol. The van der Waals surface area contributed by atoms with Crippen molar-refractivity contribution >= 4 is 53.1 Å². The van der Waals surface area contributed by atoms with E-state index in [0.717, 1.165) is 11.3 Å². The molecule has 1 heterocycles. The fraction of sp³-hybridized carbons (Fsp3) is 0.294. The summed E-state index contributed by atoms with van der Waals surface area (Å²) in [5.74, 6) is 0.246. The maximum absolute atomic E-state index is 12.1. The first-order valence-electron chi connectivity index (χ1n) is 7.46. The number of hydrogen-bond acceptors (Lipinski definition) is 2. The van der Waals surface area contributed by atoms with E-state index >= 15 is 0 Å². The molecule has 2 aromatic rings. The van der Waals surface area contributed by atoms with Gasteiger partial charge in [0, 0.05) is 28.4 Å². The third kappa shape index (κ3) is 5.62. The monoisotopic (exact) mass is 494 g/mol. The van der Waals surface area contributed by atoms with E-state index in [-0.39, 0.29) is 48.1 Å². The van der Waals surface area contributed by atoms with E-state index in [0.29, 0.717) is 15.6 Å². The zero-order valence-corrected chi connectivity index (χ0v) is 18.1. The second-order valence-electron chi connectivity index (χ2n) is 5.60. The van der Waals surface area contributed by atoms with Gasteiger partial charge in [-0.05, 0) is 43.7 Å². The number of nitrogens with zero attached hydrogens (tertiary/aromatic N) is 2. The molecule has 1 aromatic carbocycles. The van der Waals surface area contributed by atoms with Crippen LogP contribution in [0, 0.1) is 6.92 Å². The number of guanidine groups is 1. The van der Waals surface area contributed by atoms with E-state index in [2.05, 4.69) is 10.3 Å². The van der Waals surface area contributed by atoms with Gasteiger partial charge in [-0.3, -0.25) is 4.79 Å². The number of nitrogens with two attached hydrogens (primary N) is 1. The van der Waals surface area contributed by atoms with Crippen molar-refractivity contribution in [3.05, 3.63) is 67.6 Å². The minimum atomic E-state index is -0.139. The molecule has 25 heavy (non-hydrogen) atoms. The smallest absolute Gasteiger partial charge is 0.255 e. The molecular weight excluding hydrogens is 474 g/mol. The Hall–Kier alpha value is -1.25. The fourth-order valence-electron chi connectivity index (χ4n) is 2.27. The van der Waals surface area contributed by atoms with Crippen LogP contribution >= 0.6 is 47.2 Å². The Morgan fingerprint density at radius 2 is 2.00 bits per heavy atom. The summed E-state index contributed by atoms with van der Waals surface area (Å²) in [5.41, 5.74) is 8.20. The molecule has 1 atom stereocenters. The molecular formula is C17H21Cl2IN4O. The van der Waals surface area contributed by atoms with Crippen molar-refractivity contribution in [2.75, 3.05) is 0 Å². The highest BCUT2D eigenvalue weighted by molar-refractivity contribution is 14.0. The first-order chi connectivity index (χ1) is 11.3. The number of benzene rings is 1. The van der Waals surface area contributed by atoms with Crippen LogP contribution in [0.25, 0.3) is 0 Å². The van der Waals surface area contributed by atoms with Crippen LogP contribution in [-0.2, 0) is 13.6 Å². The lowest BCUT2D eigenvalue weighted by molar-refractivity contribution is 0.707. The lowest BCUT2D eigenvalue weighted by atomic mass is 10.1. The zero-order chi connectivity index (χ0) is 17.9. The summed E-state index contributed by atoms with van der Waals surface area (Å²) in [6.07, 6.45) is 0. The molecule has 0 saturated heterocycles. The van der Waals surface area contributed by atoms with Crippen molar-refractivity contribution in [3.63, 3.8) is 0 Å². The van der Waals surface area contributed by atoms with Crippen LogP contribution in [0.2, 0.25) is 10.0 Å². The van der Waals surface area contributed by atoms with Crippen LogP contribution in [0.3, 0.4) is 0 Å². The molecule has 0 amide bonds. The van der Waals surface area contributed by atoms with Crippen LogP contribution in [-0.4, -0.2) is 10.5 Å². The van der Waals surface area contributed by atoms with Crippen LogP contribution in [0.15, 0.2) is 40.1 Å². The van der Waals surface area contributed by atoms with E-state index in [1.807, 2.05) is 26.0 Å². The van der Waals surface area contributed by atoms with Gasteiger partial charge in [0.05, 0.1) is 12.6 Å². The molecule has 0 fully saturated rings. The van der Waals surface area contributed by atoms with E-state index in [1.165, 1.54) is 0 Å². The van der Waals surface area contributed by atoms with Gasteiger partial charge in [0.1, 0.15) is 0 Å². The molecule has 0 aliphatic rings. The molecule has 1 aromatic heterocycles. The first-order valence-corrected chi connectivity index (χ1v) is 8.22. The summed E-state index contributed by atoms with van der Waals surface area (Å²) < 4.78 is 1.59. The lowest BCUT2D eigenvalue weighted by Gasteiger charge is -2.16. The van der Waals surface area contributed by atoms with Crippen molar-refractivity contribution in [1.82, 2.24) is 9.88 Å². The van der Waals surface area contributed by atoms with Crippen molar-refractivity contribution in [2.24, 2.45) is 17.8 Å². The normalized spacial score (nSPS) is 12.4. The van der Waals surface area contributed by atoms with E-state index in [4.69, 9.17) is 28.9 Å². The summed E-state index contributed by atoms with van der Waals surface area (Å²) in [6, 6.07) is 8.80. The third-order valence-corrected chi connectivity index (χ3v) is 4.41. The molecule has 8 heteroatoms. The number of aryl methyl sites for hydroxylation is 1. The number of nitrogens with one attached hydrogen (secondary N) is 1. The lowest BCUT2D eigenvalue weighted by Crippen LogP contribution is -2.34. The van der Waals surface area contributed by atoms with Gasteiger partial charge in [-0.15, -0.1) is 24.0 Å². The molecule has 0 spiro atoms. The molecule has 0 bridgehead atoms. The predicted octanol–water partition coefficient (Wildman–Crippen LogP) is 3.78. The average Bonchev–Trinajstić information content (AvgIpc) is 2.51. The molecule has 3 N–H and O–H groups in total. The number of rotatable bonds is 4. The zero-order valence-electron chi connectivity index (χ0n) is 14.2. The van der Waals surface area contributed by atoms with Gasteiger partial charge >= 0.3 is 0 Å². The number of halogens is 3. The Bertz CT molecular complexity index is 836. The van der Waals surface area contributed by atoms with Crippen molar-refractivity contribution in [3.8, 4) is 0 Å². The Labute approximate surface area is 174 Å². The second kappa shape index (κ2) is 9.45. The van der Waals surface area contributed by atoms with E-state index < -0.39 is 0 Å². The van der Waals surface area contributed by atoms with Gasteiger partial charge in [0.25, 0.3) is 5.56 Å². The number of hydrogen-bond donors (Lipinski definition) is 2. The summed E-state index contributed by atoms with van der Waals surface area (Å²) in [4.78, 5) is 16.4. The molecule has 0 saturated carbocycles. The van der Waals surface area contributed by atoms with Crippen molar-refractivity contribution in [1.29, 1.82) is 0 Å². The Morgan fingerprint density at radius 1 is 1.32 bits per heavy atom. The Balaban J connectivity index is 0.00000312. The topological polar surface area (TPSA) is 72.4 Å². The predicted molar refractivity (Wildman–Crippen MR) is 115 cm³/mol. The standard InChI is InChI=1S/C17H20Cl2N4O.HI/c1-10-4-5-12(16(24)23(10)3)9-21-17(20)22-11(2)14-7-6-13(18)8-15(14)19;/h4-8,11H,9H2,1-3H3,(H3,20,21,22);1H. The Morgan fingerprint density at radius 3 is 2.64 bits per heavy atom. The molecule has 1 unspecified atom stereocenters. The van der Waals surface area contributed by atoms with E-state index in [1.54, 1.807) is 29.8 Å². The summed E-state index contributed by atoms with van der Waals surface area (Å²) in [7, 11) is 1.73. The largest absolute Gasteiger partial charge is 0.370 e. The van der Waals surface area contributed by atoms with Gasteiger partial charge in [0.2, 0.25) is 0 Å². The molecule has 5 nitrogen and oxygen atoms in total. The summed E-state index contributed by atoms with van der Waals surface area (Å²) in [5, 5.41) is 4.20. The molecule has 0 aliphatic carbocycles. The highest BCUT2D eigenvalue weighted by atomic mass is 127. The highest BCUT2D eigenvalue weighted by Crippen LogP contribution is 2.25. The third-order valence-electron chi connectivity index (χ3n) is 3.85. The molecule has 2 rings (SSSR count). The minimum Gasteiger partial charge on any atom is -0.370 e. The second-order valence-corrected chi connectivity index (χ2v) is 6.44. The van der Waals surface area contributed by atoms with Gasteiger partial charge in [0.15, 0.2) is 5.96 Å². The minimum absolute atomic E-state index is 0. The maximum Gasteiger partial charge on any atom is 0.255 e. The van der Waals surface area contributed by atoms with Crippen molar-refractivity contribution < 1.29 is 0 Å². The van der Waals surface area contributed by atoms with Crippen LogP contribution in [0.1, 0.15) is 29.8 Å². The quantitative estimate of drug-likeness (QED) is 0.386. The van der Waals surface area contributed by atoms with Gasteiger partial charge < -0.3 is 15.6 Å². The van der Waals surface area contributed by atoms with Gasteiger partial charge in [-0.1, -0.05) is 29.3 Å².